The minimum absolute atomic E-state index is 0.0798. The van der Waals surface area contributed by atoms with Crippen LogP contribution in [0.25, 0.3) is 0 Å². The number of ether oxygens (including phenoxy) is 1. The zero-order valence-corrected chi connectivity index (χ0v) is 10.2. The Hall–Kier alpha value is -1.37. The van der Waals surface area contributed by atoms with Gasteiger partial charge in [0.2, 0.25) is 0 Å². The Morgan fingerprint density at radius 2 is 1.74 bits per heavy atom. The van der Waals surface area contributed by atoms with E-state index in [1.807, 2.05) is 0 Å². The van der Waals surface area contributed by atoms with Gasteiger partial charge in [-0.15, -0.1) is 13.2 Å². The van der Waals surface area contributed by atoms with Crippen molar-refractivity contribution in [1.29, 1.82) is 0 Å². The van der Waals surface area contributed by atoms with Crippen molar-refractivity contribution in [3.63, 3.8) is 0 Å². The molecule has 108 valence electrons. The number of rotatable bonds is 5. The van der Waals surface area contributed by atoms with Gasteiger partial charge in [0.25, 0.3) is 5.92 Å². The van der Waals surface area contributed by atoms with Crippen LogP contribution >= 0.6 is 0 Å². The molecule has 0 aliphatic carbocycles. The molecule has 1 aromatic rings. The normalized spacial score (nSPS) is 12.6. The molecular formula is C12H14F5NO. The molecule has 0 heterocycles. The van der Waals surface area contributed by atoms with Crippen molar-refractivity contribution in [3.05, 3.63) is 29.3 Å². The predicted molar refractivity (Wildman–Crippen MR) is 60.0 cm³/mol. The lowest BCUT2D eigenvalue weighted by atomic mass is 10.0. The van der Waals surface area contributed by atoms with Gasteiger partial charge in [-0.3, -0.25) is 0 Å². The third-order valence-corrected chi connectivity index (χ3v) is 2.40. The maximum Gasteiger partial charge on any atom is 0.573 e. The molecular weight excluding hydrogens is 269 g/mol. The molecule has 0 amide bonds. The van der Waals surface area contributed by atoms with Crippen LogP contribution in [-0.4, -0.2) is 12.9 Å². The zero-order valence-electron chi connectivity index (χ0n) is 10.2. The molecule has 19 heavy (non-hydrogen) atoms. The Kier molecular flexibility index (Phi) is 4.73. The first-order chi connectivity index (χ1) is 8.64. The van der Waals surface area contributed by atoms with E-state index in [9.17, 15) is 22.0 Å². The number of benzene rings is 1. The standard InChI is InChI=1S/C12H14F5NO/c1-8-5-9(11(13,14)3-2-4-18)7-10(6-8)19-12(15,16)17/h5-7H,2-4,18H2,1H3. The van der Waals surface area contributed by atoms with Gasteiger partial charge in [-0.1, -0.05) is 0 Å². The molecule has 0 aliphatic heterocycles. The first-order valence-electron chi connectivity index (χ1n) is 5.60. The Labute approximate surface area is 107 Å². The maximum absolute atomic E-state index is 13.7. The smallest absolute Gasteiger partial charge is 0.406 e. The second-order valence-electron chi connectivity index (χ2n) is 4.18. The summed E-state index contributed by atoms with van der Waals surface area (Å²) in [6, 6.07) is 2.90. The molecule has 0 aliphatic rings. The van der Waals surface area contributed by atoms with Gasteiger partial charge in [0, 0.05) is 12.0 Å². The van der Waals surface area contributed by atoms with Gasteiger partial charge in [-0.25, -0.2) is 8.78 Å². The maximum atomic E-state index is 13.7. The van der Waals surface area contributed by atoms with Crippen LogP contribution in [-0.2, 0) is 5.92 Å². The number of aryl methyl sites for hydroxylation is 1. The van der Waals surface area contributed by atoms with Crippen molar-refractivity contribution >= 4 is 0 Å². The van der Waals surface area contributed by atoms with Crippen LogP contribution < -0.4 is 10.5 Å². The van der Waals surface area contributed by atoms with Gasteiger partial charge in [0.1, 0.15) is 5.75 Å². The van der Waals surface area contributed by atoms with Crippen LogP contribution in [0.5, 0.6) is 5.75 Å². The largest absolute Gasteiger partial charge is 0.573 e. The van der Waals surface area contributed by atoms with Gasteiger partial charge in [0.05, 0.1) is 0 Å². The second-order valence-corrected chi connectivity index (χ2v) is 4.18. The molecule has 0 spiro atoms. The molecule has 2 N–H and O–H groups in total. The van der Waals surface area contributed by atoms with E-state index >= 15 is 0 Å². The van der Waals surface area contributed by atoms with Gasteiger partial charge >= 0.3 is 6.36 Å². The van der Waals surface area contributed by atoms with E-state index in [-0.39, 0.29) is 18.5 Å². The van der Waals surface area contributed by atoms with Crippen LogP contribution in [0.2, 0.25) is 0 Å². The lowest BCUT2D eigenvalue weighted by molar-refractivity contribution is -0.274. The van der Waals surface area contributed by atoms with Gasteiger partial charge < -0.3 is 10.5 Å². The van der Waals surface area contributed by atoms with Crippen molar-refractivity contribution in [2.24, 2.45) is 5.73 Å². The highest BCUT2D eigenvalue weighted by Gasteiger charge is 2.34. The lowest BCUT2D eigenvalue weighted by Gasteiger charge is -2.18. The molecule has 7 heteroatoms. The van der Waals surface area contributed by atoms with Crippen molar-refractivity contribution in [3.8, 4) is 5.75 Å². The minimum atomic E-state index is -4.91. The molecule has 0 unspecified atom stereocenters. The fourth-order valence-corrected chi connectivity index (χ4v) is 1.62. The summed E-state index contributed by atoms with van der Waals surface area (Å²) in [5, 5.41) is 0. The van der Waals surface area contributed by atoms with E-state index in [1.165, 1.54) is 6.92 Å². The highest BCUT2D eigenvalue weighted by molar-refractivity contribution is 5.36. The second kappa shape index (κ2) is 5.73. The summed E-state index contributed by atoms with van der Waals surface area (Å²) < 4.78 is 67.4. The highest BCUT2D eigenvalue weighted by Crippen LogP contribution is 2.36. The van der Waals surface area contributed by atoms with Crippen molar-refractivity contribution in [2.45, 2.75) is 32.1 Å². The van der Waals surface area contributed by atoms with Gasteiger partial charge in [-0.2, -0.15) is 0 Å². The van der Waals surface area contributed by atoms with Crippen molar-refractivity contribution < 1.29 is 26.7 Å². The van der Waals surface area contributed by atoms with Crippen molar-refractivity contribution in [1.82, 2.24) is 0 Å². The highest BCUT2D eigenvalue weighted by atomic mass is 19.4. The SMILES string of the molecule is Cc1cc(OC(F)(F)F)cc(C(F)(F)CCCN)c1. The number of hydrogen-bond donors (Lipinski definition) is 1. The van der Waals surface area contributed by atoms with Crippen LogP contribution in [0, 0.1) is 6.92 Å². The summed E-state index contributed by atoms with van der Waals surface area (Å²) >= 11 is 0. The lowest BCUT2D eigenvalue weighted by Crippen LogP contribution is -2.19. The molecule has 0 aromatic heterocycles. The monoisotopic (exact) mass is 283 g/mol. The van der Waals surface area contributed by atoms with Crippen LogP contribution in [0.3, 0.4) is 0 Å². The molecule has 0 atom stereocenters. The van der Waals surface area contributed by atoms with Crippen LogP contribution in [0.4, 0.5) is 22.0 Å². The van der Waals surface area contributed by atoms with Gasteiger partial charge in [-0.05, 0) is 43.7 Å². The Morgan fingerprint density at radius 1 is 1.11 bits per heavy atom. The summed E-state index contributed by atoms with van der Waals surface area (Å²) in [5.74, 6) is -3.87. The van der Waals surface area contributed by atoms with Crippen molar-refractivity contribution in [2.75, 3.05) is 6.54 Å². The van der Waals surface area contributed by atoms with E-state index in [0.717, 1.165) is 12.1 Å². The Balaban J connectivity index is 3.02. The molecule has 0 radical (unpaired) electrons. The van der Waals surface area contributed by atoms with Crippen LogP contribution in [0.15, 0.2) is 18.2 Å². The summed E-state index contributed by atoms with van der Waals surface area (Å²) in [6.45, 7) is 1.51. The first kappa shape index (κ1) is 15.7. The number of halogens is 5. The topological polar surface area (TPSA) is 35.2 Å². The molecule has 2 nitrogen and oxygen atoms in total. The number of alkyl halides is 5. The van der Waals surface area contributed by atoms with E-state index in [4.69, 9.17) is 5.73 Å². The van der Waals surface area contributed by atoms with Crippen LogP contribution in [0.1, 0.15) is 24.0 Å². The van der Waals surface area contributed by atoms with E-state index < -0.39 is 30.0 Å². The molecule has 0 saturated heterocycles. The summed E-state index contributed by atoms with van der Waals surface area (Å²) in [7, 11) is 0. The summed E-state index contributed by atoms with van der Waals surface area (Å²) in [5.41, 5.74) is 4.92. The molecule has 1 rings (SSSR count). The summed E-state index contributed by atoms with van der Waals surface area (Å²) in [6.07, 6.45) is -5.34. The number of hydrogen-bond acceptors (Lipinski definition) is 2. The number of nitrogens with two attached hydrogens (primary N) is 1. The van der Waals surface area contributed by atoms with E-state index in [1.54, 1.807) is 0 Å². The third kappa shape index (κ3) is 5.02. The quantitative estimate of drug-likeness (QED) is 0.836. The summed E-state index contributed by atoms with van der Waals surface area (Å²) in [4.78, 5) is 0. The minimum Gasteiger partial charge on any atom is -0.406 e. The molecule has 1 aromatic carbocycles. The zero-order chi connectivity index (χ0) is 14.7. The molecule has 0 saturated carbocycles. The van der Waals surface area contributed by atoms with E-state index in [2.05, 4.69) is 4.74 Å². The Morgan fingerprint density at radius 3 is 2.26 bits per heavy atom. The average molecular weight is 283 g/mol. The fourth-order valence-electron chi connectivity index (χ4n) is 1.62. The predicted octanol–water partition coefficient (Wildman–Crippen LogP) is 3.72. The average Bonchev–Trinajstić information content (AvgIpc) is 2.23. The molecule has 0 bridgehead atoms. The fraction of sp³-hybridized carbons (Fsp3) is 0.500. The van der Waals surface area contributed by atoms with Gasteiger partial charge in [0.15, 0.2) is 0 Å². The van der Waals surface area contributed by atoms with E-state index in [0.29, 0.717) is 6.07 Å². The Bertz CT molecular complexity index is 431. The first-order valence-corrected chi connectivity index (χ1v) is 5.60. The third-order valence-electron chi connectivity index (χ3n) is 2.40. The molecule has 0 fully saturated rings.